The molecular weight excluding hydrogens is 450 g/mol. The maximum atomic E-state index is 13.0. The van der Waals surface area contributed by atoms with Gasteiger partial charge in [-0.25, -0.2) is 0 Å². The highest BCUT2D eigenvalue weighted by Gasteiger charge is 2.30. The number of piperidine rings is 1. The maximum absolute atomic E-state index is 13.0. The molecule has 2 heterocycles. The van der Waals surface area contributed by atoms with Crippen molar-refractivity contribution in [1.29, 1.82) is 0 Å². The fourth-order valence-corrected chi connectivity index (χ4v) is 4.75. The lowest BCUT2D eigenvalue weighted by Crippen LogP contribution is -2.51. The van der Waals surface area contributed by atoms with Crippen molar-refractivity contribution < 1.29 is 4.79 Å². The molecule has 2 saturated heterocycles. The zero-order valence-corrected chi connectivity index (χ0v) is 18.9. The van der Waals surface area contributed by atoms with Crippen LogP contribution in [0.3, 0.4) is 0 Å². The van der Waals surface area contributed by atoms with Crippen molar-refractivity contribution in [2.45, 2.75) is 19.4 Å². The molecule has 29 heavy (non-hydrogen) atoms. The lowest BCUT2D eigenvalue weighted by Gasteiger charge is -2.39. The predicted octanol–water partition coefficient (Wildman–Crippen LogP) is 4.66. The fourth-order valence-electron chi connectivity index (χ4n) is 4.30. The summed E-state index contributed by atoms with van der Waals surface area (Å²) in [5.41, 5.74) is 2.47. The van der Waals surface area contributed by atoms with E-state index in [0.29, 0.717) is 5.91 Å². The first kappa shape index (κ1) is 20.7. The van der Waals surface area contributed by atoms with Gasteiger partial charge >= 0.3 is 0 Å². The molecule has 0 bridgehead atoms. The summed E-state index contributed by atoms with van der Waals surface area (Å²) in [5.74, 6) is 0.521. The highest BCUT2D eigenvalue weighted by atomic mass is 79.9. The van der Waals surface area contributed by atoms with Crippen molar-refractivity contribution >= 4 is 39.1 Å². The Bertz CT molecular complexity index is 828. The first-order chi connectivity index (χ1) is 14.1. The van der Waals surface area contributed by atoms with Crippen molar-refractivity contribution in [2.24, 2.45) is 5.92 Å². The zero-order valence-electron chi connectivity index (χ0n) is 16.6. The number of likely N-dealkylation sites (tertiary alicyclic amines) is 1. The van der Waals surface area contributed by atoms with Crippen LogP contribution < -0.4 is 4.90 Å². The second kappa shape index (κ2) is 9.50. The van der Waals surface area contributed by atoms with Crippen molar-refractivity contribution in [2.75, 3.05) is 44.2 Å². The van der Waals surface area contributed by atoms with Gasteiger partial charge in [-0.1, -0.05) is 45.7 Å². The molecule has 0 spiro atoms. The fraction of sp³-hybridized carbons (Fsp3) is 0.435. The first-order valence-corrected chi connectivity index (χ1v) is 11.5. The summed E-state index contributed by atoms with van der Waals surface area (Å²) in [7, 11) is 0. The Morgan fingerprint density at radius 1 is 0.966 bits per heavy atom. The minimum absolute atomic E-state index is 0.175. The molecule has 4 rings (SSSR count). The van der Waals surface area contributed by atoms with Gasteiger partial charge in [-0.3, -0.25) is 9.69 Å². The second-order valence-corrected chi connectivity index (χ2v) is 9.32. The molecule has 0 unspecified atom stereocenters. The SMILES string of the molecule is O=C(C1CCN(Cc2ccc(Br)cc2)CC1)N1CCN(c2cccc(Cl)c2)CC1. The van der Waals surface area contributed by atoms with E-state index in [1.54, 1.807) is 0 Å². The summed E-state index contributed by atoms with van der Waals surface area (Å²) in [5, 5.41) is 0.760. The molecule has 2 aromatic carbocycles. The molecule has 0 aliphatic carbocycles. The number of carbonyl (C=O) groups excluding carboxylic acids is 1. The van der Waals surface area contributed by atoms with E-state index in [4.69, 9.17) is 11.6 Å². The van der Waals surface area contributed by atoms with Gasteiger partial charge in [0.05, 0.1) is 0 Å². The Balaban J connectivity index is 1.24. The maximum Gasteiger partial charge on any atom is 0.225 e. The lowest BCUT2D eigenvalue weighted by molar-refractivity contribution is -0.137. The molecule has 2 fully saturated rings. The van der Waals surface area contributed by atoms with Gasteiger partial charge in [0.1, 0.15) is 0 Å². The van der Waals surface area contributed by atoms with Crippen LogP contribution in [0, 0.1) is 5.92 Å². The normalized spacial score (nSPS) is 18.8. The average molecular weight is 477 g/mol. The molecular formula is C23H27BrClN3O. The standard InChI is InChI=1S/C23H27BrClN3O/c24-20-6-4-18(5-7-20)17-26-10-8-19(9-11-26)23(29)28-14-12-27(13-15-28)22-3-1-2-21(25)16-22/h1-7,16,19H,8-15,17H2. The highest BCUT2D eigenvalue weighted by molar-refractivity contribution is 9.10. The van der Waals surface area contributed by atoms with Gasteiger partial charge < -0.3 is 9.80 Å². The van der Waals surface area contributed by atoms with Crippen molar-refractivity contribution in [1.82, 2.24) is 9.80 Å². The average Bonchev–Trinajstić information content (AvgIpc) is 2.75. The number of carbonyl (C=O) groups is 1. The van der Waals surface area contributed by atoms with Crippen molar-refractivity contribution in [3.63, 3.8) is 0 Å². The molecule has 4 nitrogen and oxygen atoms in total. The molecule has 0 atom stereocenters. The lowest BCUT2D eigenvalue weighted by atomic mass is 9.94. The third-order valence-corrected chi connectivity index (χ3v) is 6.78. The topological polar surface area (TPSA) is 26.8 Å². The van der Waals surface area contributed by atoms with Gasteiger partial charge in [0, 0.05) is 53.8 Å². The molecule has 1 amide bonds. The van der Waals surface area contributed by atoms with Crippen LogP contribution in [0.15, 0.2) is 53.0 Å². The minimum Gasteiger partial charge on any atom is -0.368 e. The van der Waals surface area contributed by atoms with Crippen LogP contribution in [0.1, 0.15) is 18.4 Å². The highest BCUT2D eigenvalue weighted by Crippen LogP contribution is 2.24. The zero-order chi connectivity index (χ0) is 20.2. The molecule has 154 valence electrons. The van der Waals surface area contributed by atoms with Gasteiger partial charge in [0.25, 0.3) is 0 Å². The van der Waals surface area contributed by atoms with Gasteiger partial charge in [0.2, 0.25) is 5.91 Å². The van der Waals surface area contributed by atoms with E-state index in [2.05, 4.69) is 61.0 Å². The molecule has 0 saturated carbocycles. The Labute approximate surface area is 186 Å². The van der Waals surface area contributed by atoms with Crippen LogP contribution in [-0.4, -0.2) is 55.0 Å². The first-order valence-electron chi connectivity index (χ1n) is 10.3. The van der Waals surface area contributed by atoms with E-state index in [0.717, 1.165) is 73.8 Å². The summed E-state index contributed by atoms with van der Waals surface area (Å²) < 4.78 is 1.11. The molecule has 0 radical (unpaired) electrons. The minimum atomic E-state index is 0.175. The molecule has 2 aliphatic heterocycles. The van der Waals surface area contributed by atoms with E-state index in [1.165, 1.54) is 5.56 Å². The Morgan fingerprint density at radius 2 is 1.66 bits per heavy atom. The van der Waals surface area contributed by atoms with Crippen LogP contribution in [0.2, 0.25) is 5.02 Å². The van der Waals surface area contributed by atoms with Crippen LogP contribution in [-0.2, 0) is 11.3 Å². The number of hydrogen-bond donors (Lipinski definition) is 0. The van der Waals surface area contributed by atoms with E-state index in [9.17, 15) is 4.79 Å². The number of rotatable bonds is 4. The number of nitrogens with zero attached hydrogens (tertiary/aromatic N) is 3. The van der Waals surface area contributed by atoms with Gasteiger partial charge in [-0.2, -0.15) is 0 Å². The van der Waals surface area contributed by atoms with Crippen molar-refractivity contribution in [3.8, 4) is 0 Å². The summed E-state index contributed by atoms with van der Waals surface area (Å²) >= 11 is 9.60. The Hall–Kier alpha value is -1.56. The monoisotopic (exact) mass is 475 g/mol. The van der Waals surface area contributed by atoms with E-state index < -0.39 is 0 Å². The third-order valence-electron chi connectivity index (χ3n) is 6.02. The second-order valence-electron chi connectivity index (χ2n) is 7.97. The van der Waals surface area contributed by atoms with Crippen LogP contribution in [0.4, 0.5) is 5.69 Å². The summed E-state index contributed by atoms with van der Waals surface area (Å²) in [6.07, 6.45) is 1.92. The van der Waals surface area contributed by atoms with Crippen LogP contribution in [0.25, 0.3) is 0 Å². The number of hydrogen-bond acceptors (Lipinski definition) is 3. The van der Waals surface area contributed by atoms with Gasteiger partial charge in [-0.05, 0) is 61.8 Å². The number of benzene rings is 2. The summed E-state index contributed by atoms with van der Waals surface area (Å²) in [4.78, 5) is 19.9. The molecule has 0 aromatic heterocycles. The molecule has 2 aromatic rings. The molecule has 6 heteroatoms. The largest absolute Gasteiger partial charge is 0.368 e. The van der Waals surface area contributed by atoms with Crippen molar-refractivity contribution in [3.05, 3.63) is 63.6 Å². The third kappa shape index (κ3) is 5.33. The number of anilines is 1. The number of piperazine rings is 1. The van der Waals surface area contributed by atoms with E-state index >= 15 is 0 Å². The van der Waals surface area contributed by atoms with Crippen LogP contribution in [0.5, 0.6) is 0 Å². The van der Waals surface area contributed by atoms with E-state index in [1.807, 2.05) is 18.2 Å². The summed E-state index contributed by atoms with van der Waals surface area (Å²) in [6, 6.07) is 16.5. The van der Waals surface area contributed by atoms with Crippen LogP contribution >= 0.6 is 27.5 Å². The Morgan fingerprint density at radius 3 is 2.31 bits per heavy atom. The smallest absolute Gasteiger partial charge is 0.225 e. The molecule has 0 N–H and O–H groups in total. The quantitative estimate of drug-likeness (QED) is 0.642. The van der Waals surface area contributed by atoms with Gasteiger partial charge in [0.15, 0.2) is 0 Å². The predicted molar refractivity (Wildman–Crippen MR) is 122 cm³/mol. The number of halogens is 2. The molecule has 2 aliphatic rings. The summed E-state index contributed by atoms with van der Waals surface area (Å²) in [6.45, 7) is 6.29. The van der Waals surface area contributed by atoms with Gasteiger partial charge in [-0.15, -0.1) is 0 Å². The number of amides is 1. The Kier molecular flexibility index (Phi) is 6.78. The van der Waals surface area contributed by atoms with E-state index in [-0.39, 0.29) is 5.92 Å².